The third-order valence-electron chi connectivity index (χ3n) is 3.96. The van der Waals surface area contributed by atoms with Gasteiger partial charge in [0.25, 0.3) is 0 Å². The number of halogens is 1. The molecule has 0 saturated carbocycles. The van der Waals surface area contributed by atoms with Crippen LogP contribution in [0.5, 0.6) is 0 Å². The van der Waals surface area contributed by atoms with E-state index in [2.05, 4.69) is 0 Å². The molecule has 1 heterocycles. The monoisotopic (exact) mass is 282 g/mol. The van der Waals surface area contributed by atoms with E-state index in [1.807, 2.05) is 24.3 Å². The average molecular weight is 283 g/mol. The zero-order valence-corrected chi connectivity index (χ0v) is 11.8. The van der Waals surface area contributed by atoms with Crippen molar-refractivity contribution in [2.45, 2.75) is 25.7 Å². The van der Waals surface area contributed by atoms with Gasteiger partial charge < -0.3 is 9.84 Å². The topological polar surface area (TPSA) is 46.5 Å². The van der Waals surface area contributed by atoms with Crippen LogP contribution < -0.4 is 0 Å². The van der Waals surface area contributed by atoms with Gasteiger partial charge in [-0.05, 0) is 42.4 Å². The van der Waals surface area contributed by atoms with Gasteiger partial charge in [-0.3, -0.25) is 4.79 Å². The van der Waals surface area contributed by atoms with E-state index in [4.69, 9.17) is 16.3 Å². The molecule has 1 fully saturated rings. The standard InChI is InChI=1S/C15H19ClO3/c1-10(15(17)18)14(12-6-8-19-9-7-12)11-2-4-13(16)5-3-11/h2-5,10,12,14H,6-9H2,1H3,(H,17,18)/t10-,14-/m0/s1. The highest BCUT2D eigenvalue weighted by Crippen LogP contribution is 2.38. The van der Waals surface area contributed by atoms with Gasteiger partial charge in [0.15, 0.2) is 0 Å². The van der Waals surface area contributed by atoms with Gasteiger partial charge in [-0.1, -0.05) is 30.7 Å². The summed E-state index contributed by atoms with van der Waals surface area (Å²) in [4.78, 5) is 11.4. The van der Waals surface area contributed by atoms with E-state index < -0.39 is 11.9 Å². The number of benzene rings is 1. The molecule has 0 spiro atoms. The summed E-state index contributed by atoms with van der Waals surface area (Å²) >= 11 is 5.91. The van der Waals surface area contributed by atoms with Crippen LogP contribution in [-0.2, 0) is 9.53 Å². The lowest BCUT2D eigenvalue weighted by Gasteiger charge is -2.33. The molecular weight excluding hydrogens is 264 g/mol. The minimum atomic E-state index is -0.744. The van der Waals surface area contributed by atoms with Gasteiger partial charge >= 0.3 is 5.97 Å². The van der Waals surface area contributed by atoms with Crippen LogP contribution in [0.15, 0.2) is 24.3 Å². The molecular formula is C15H19ClO3. The molecule has 3 nitrogen and oxygen atoms in total. The van der Waals surface area contributed by atoms with Crippen molar-refractivity contribution in [2.24, 2.45) is 11.8 Å². The Labute approximate surface area is 118 Å². The molecule has 0 amide bonds. The molecule has 0 bridgehead atoms. The Balaban J connectivity index is 2.27. The Morgan fingerprint density at radius 1 is 1.32 bits per heavy atom. The first-order chi connectivity index (χ1) is 9.09. The molecule has 0 aliphatic carbocycles. The Kier molecular flexibility index (Phi) is 4.83. The van der Waals surface area contributed by atoms with Crippen LogP contribution in [0.4, 0.5) is 0 Å². The van der Waals surface area contributed by atoms with Crippen molar-refractivity contribution in [1.82, 2.24) is 0 Å². The van der Waals surface area contributed by atoms with E-state index in [1.165, 1.54) is 0 Å². The molecule has 104 valence electrons. The Bertz CT molecular complexity index is 424. The predicted octanol–water partition coefficient (Wildman–Crippen LogP) is 3.57. The minimum Gasteiger partial charge on any atom is -0.481 e. The number of ether oxygens (including phenoxy) is 1. The fourth-order valence-electron chi connectivity index (χ4n) is 2.88. The molecule has 1 aromatic rings. The lowest BCUT2D eigenvalue weighted by molar-refractivity contribution is -0.142. The zero-order valence-electron chi connectivity index (χ0n) is 11.0. The molecule has 2 rings (SSSR count). The number of rotatable bonds is 4. The van der Waals surface area contributed by atoms with Gasteiger partial charge in [0, 0.05) is 18.2 Å². The van der Waals surface area contributed by atoms with Gasteiger partial charge in [0.2, 0.25) is 0 Å². The van der Waals surface area contributed by atoms with Gasteiger partial charge in [-0.2, -0.15) is 0 Å². The van der Waals surface area contributed by atoms with E-state index in [-0.39, 0.29) is 5.92 Å². The number of hydrogen-bond acceptors (Lipinski definition) is 2. The lowest BCUT2D eigenvalue weighted by Crippen LogP contribution is -2.29. The molecule has 1 N–H and O–H groups in total. The molecule has 1 aliphatic heterocycles. The SMILES string of the molecule is C[C@H](C(=O)O)[C@@H](c1ccc(Cl)cc1)C1CCOCC1. The largest absolute Gasteiger partial charge is 0.481 e. The number of carboxylic acid groups (broad SMARTS) is 1. The van der Waals surface area contributed by atoms with Crippen LogP contribution in [0, 0.1) is 11.8 Å². The second kappa shape index (κ2) is 6.40. The van der Waals surface area contributed by atoms with Crippen molar-refractivity contribution in [3.63, 3.8) is 0 Å². The quantitative estimate of drug-likeness (QED) is 0.918. The second-order valence-corrected chi connectivity index (χ2v) is 5.59. The third kappa shape index (κ3) is 3.48. The van der Waals surface area contributed by atoms with Crippen LogP contribution in [-0.4, -0.2) is 24.3 Å². The van der Waals surface area contributed by atoms with Crippen molar-refractivity contribution >= 4 is 17.6 Å². The number of carboxylic acids is 1. The van der Waals surface area contributed by atoms with Gasteiger partial charge in [0.05, 0.1) is 5.92 Å². The third-order valence-corrected chi connectivity index (χ3v) is 4.21. The first-order valence-corrected chi connectivity index (χ1v) is 7.03. The molecule has 0 aromatic heterocycles. The minimum absolute atomic E-state index is 0.0265. The van der Waals surface area contributed by atoms with Crippen LogP contribution in [0.3, 0.4) is 0 Å². The van der Waals surface area contributed by atoms with Crippen molar-refractivity contribution < 1.29 is 14.6 Å². The molecule has 4 heteroatoms. The summed E-state index contributed by atoms with van der Waals surface area (Å²) in [6, 6.07) is 7.55. The van der Waals surface area contributed by atoms with Gasteiger partial charge in [-0.25, -0.2) is 0 Å². The summed E-state index contributed by atoms with van der Waals surface area (Å²) in [6.07, 6.45) is 1.84. The van der Waals surface area contributed by atoms with E-state index in [0.717, 1.165) is 31.6 Å². The van der Waals surface area contributed by atoms with Crippen molar-refractivity contribution in [3.8, 4) is 0 Å². The van der Waals surface area contributed by atoms with Gasteiger partial charge in [-0.15, -0.1) is 0 Å². The molecule has 0 radical (unpaired) electrons. The molecule has 0 unspecified atom stereocenters. The van der Waals surface area contributed by atoms with Gasteiger partial charge in [0.1, 0.15) is 0 Å². The molecule has 1 saturated heterocycles. The fraction of sp³-hybridized carbons (Fsp3) is 0.533. The second-order valence-electron chi connectivity index (χ2n) is 5.15. The summed E-state index contributed by atoms with van der Waals surface area (Å²) in [5.74, 6) is -0.754. The van der Waals surface area contributed by atoms with E-state index in [9.17, 15) is 9.90 Å². The van der Waals surface area contributed by atoms with Crippen LogP contribution in [0.25, 0.3) is 0 Å². The van der Waals surface area contributed by atoms with E-state index >= 15 is 0 Å². The van der Waals surface area contributed by atoms with E-state index in [0.29, 0.717) is 10.9 Å². The fourth-order valence-corrected chi connectivity index (χ4v) is 3.01. The maximum atomic E-state index is 11.4. The first kappa shape index (κ1) is 14.4. The van der Waals surface area contributed by atoms with Crippen molar-refractivity contribution in [3.05, 3.63) is 34.9 Å². The summed E-state index contributed by atoms with van der Waals surface area (Å²) in [5.41, 5.74) is 1.06. The maximum absolute atomic E-state index is 11.4. The Morgan fingerprint density at radius 2 is 1.89 bits per heavy atom. The highest BCUT2D eigenvalue weighted by molar-refractivity contribution is 6.30. The normalized spacial score (nSPS) is 19.9. The highest BCUT2D eigenvalue weighted by Gasteiger charge is 2.33. The molecule has 2 atom stereocenters. The summed E-state index contributed by atoms with van der Waals surface area (Å²) < 4.78 is 5.38. The predicted molar refractivity (Wildman–Crippen MR) is 74.5 cm³/mol. The lowest BCUT2D eigenvalue weighted by atomic mass is 9.74. The van der Waals surface area contributed by atoms with Crippen molar-refractivity contribution in [2.75, 3.05) is 13.2 Å². The zero-order chi connectivity index (χ0) is 13.8. The molecule has 19 heavy (non-hydrogen) atoms. The van der Waals surface area contributed by atoms with Crippen LogP contribution in [0.1, 0.15) is 31.2 Å². The Hall–Kier alpha value is -1.06. The summed E-state index contributed by atoms with van der Waals surface area (Å²) in [5, 5.41) is 10.0. The van der Waals surface area contributed by atoms with Crippen molar-refractivity contribution in [1.29, 1.82) is 0 Å². The summed E-state index contributed by atoms with van der Waals surface area (Å²) in [6.45, 7) is 3.24. The highest BCUT2D eigenvalue weighted by atomic mass is 35.5. The maximum Gasteiger partial charge on any atom is 0.306 e. The van der Waals surface area contributed by atoms with E-state index in [1.54, 1.807) is 6.92 Å². The summed E-state index contributed by atoms with van der Waals surface area (Å²) in [7, 11) is 0. The smallest absolute Gasteiger partial charge is 0.306 e. The number of hydrogen-bond donors (Lipinski definition) is 1. The van der Waals surface area contributed by atoms with Crippen LogP contribution >= 0.6 is 11.6 Å². The molecule has 1 aromatic carbocycles. The molecule has 1 aliphatic rings. The number of aliphatic carboxylic acids is 1. The average Bonchev–Trinajstić information content (AvgIpc) is 2.42. The number of carbonyl (C=O) groups is 1. The first-order valence-electron chi connectivity index (χ1n) is 6.65. The Morgan fingerprint density at radius 3 is 2.42 bits per heavy atom. The van der Waals surface area contributed by atoms with Crippen LogP contribution in [0.2, 0.25) is 5.02 Å².